The molecule has 3 aromatic carbocycles. The van der Waals surface area contributed by atoms with Crippen molar-refractivity contribution in [2.75, 3.05) is 24.5 Å². The van der Waals surface area contributed by atoms with Gasteiger partial charge in [0.05, 0.1) is 17.7 Å². The second kappa shape index (κ2) is 13.8. The molecule has 0 aliphatic heterocycles. The van der Waals surface area contributed by atoms with E-state index in [1.165, 1.54) is 24.1 Å². The van der Waals surface area contributed by atoms with Crippen molar-refractivity contribution >= 4 is 27.5 Å². The summed E-state index contributed by atoms with van der Waals surface area (Å²) in [5.74, 6) is -0.299. The van der Waals surface area contributed by atoms with Crippen LogP contribution in [0, 0.1) is 6.92 Å². The van der Waals surface area contributed by atoms with Gasteiger partial charge in [-0.1, -0.05) is 67.9 Å². The van der Waals surface area contributed by atoms with E-state index in [0.29, 0.717) is 18.7 Å². The zero-order chi connectivity index (χ0) is 28.4. The first-order valence-electron chi connectivity index (χ1n) is 13.1. The molecule has 1 atom stereocenters. The Morgan fingerprint density at radius 2 is 1.67 bits per heavy atom. The molecular formula is C30H37N3O5S. The van der Waals surface area contributed by atoms with Gasteiger partial charge >= 0.3 is 0 Å². The monoisotopic (exact) mass is 551 g/mol. The van der Waals surface area contributed by atoms with Gasteiger partial charge in [-0.25, -0.2) is 8.42 Å². The summed E-state index contributed by atoms with van der Waals surface area (Å²) in [7, 11) is -2.63. The van der Waals surface area contributed by atoms with Gasteiger partial charge in [-0.15, -0.1) is 0 Å². The second-order valence-corrected chi connectivity index (χ2v) is 11.1. The highest BCUT2D eigenvalue weighted by Crippen LogP contribution is 2.27. The molecule has 0 aliphatic carbocycles. The standard InChI is InChI=1S/C30H37N3O5S/c1-5-18-31-30(35)28(6-2)32(21-24-13-10-12-23(3)19-24)29(34)22-33(25-14-11-15-26(20-25)38-4)39(36,37)27-16-8-7-9-17-27/h7-17,19-20,28H,5-6,18,21-22H2,1-4H3,(H,31,35). The first-order chi connectivity index (χ1) is 18.7. The highest BCUT2D eigenvalue weighted by Gasteiger charge is 2.33. The molecule has 0 spiro atoms. The molecule has 0 bridgehead atoms. The van der Waals surface area contributed by atoms with Gasteiger partial charge < -0.3 is 15.0 Å². The summed E-state index contributed by atoms with van der Waals surface area (Å²) in [5.41, 5.74) is 2.16. The predicted molar refractivity (Wildman–Crippen MR) is 153 cm³/mol. The Morgan fingerprint density at radius 3 is 2.31 bits per heavy atom. The molecule has 0 saturated heterocycles. The largest absolute Gasteiger partial charge is 0.497 e. The number of sulfonamides is 1. The molecule has 0 fully saturated rings. The molecule has 2 amide bonds. The van der Waals surface area contributed by atoms with Crippen molar-refractivity contribution in [1.29, 1.82) is 0 Å². The van der Waals surface area contributed by atoms with Crippen LogP contribution >= 0.6 is 0 Å². The molecule has 3 rings (SSSR count). The van der Waals surface area contributed by atoms with Gasteiger partial charge in [-0.3, -0.25) is 13.9 Å². The van der Waals surface area contributed by atoms with Gasteiger partial charge in [0.15, 0.2) is 0 Å². The third-order valence-corrected chi connectivity index (χ3v) is 8.11. The maximum absolute atomic E-state index is 14.0. The summed E-state index contributed by atoms with van der Waals surface area (Å²) in [6.07, 6.45) is 1.13. The van der Waals surface area contributed by atoms with Gasteiger partial charge in [0, 0.05) is 19.2 Å². The van der Waals surface area contributed by atoms with Crippen molar-refractivity contribution in [1.82, 2.24) is 10.2 Å². The average molecular weight is 552 g/mol. The highest BCUT2D eigenvalue weighted by atomic mass is 32.2. The van der Waals surface area contributed by atoms with E-state index in [9.17, 15) is 18.0 Å². The number of nitrogens with one attached hydrogen (secondary N) is 1. The number of anilines is 1. The smallest absolute Gasteiger partial charge is 0.264 e. The first kappa shape index (κ1) is 29.7. The van der Waals surface area contributed by atoms with E-state index in [4.69, 9.17) is 4.74 Å². The van der Waals surface area contributed by atoms with Crippen molar-refractivity contribution in [3.8, 4) is 5.75 Å². The van der Waals surface area contributed by atoms with E-state index >= 15 is 0 Å². The number of aryl methyl sites for hydroxylation is 1. The Balaban J connectivity index is 2.06. The Kier molecular flexibility index (Phi) is 10.5. The normalized spacial score (nSPS) is 11.9. The van der Waals surface area contributed by atoms with Crippen LogP contribution in [0.2, 0.25) is 0 Å². The van der Waals surface area contributed by atoms with E-state index in [0.717, 1.165) is 21.9 Å². The molecule has 0 radical (unpaired) electrons. The van der Waals surface area contributed by atoms with E-state index in [-0.39, 0.29) is 23.0 Å². The molecule has 3 aromatic rings. The lowest BCUT2D eigenvalue weighted by atomic mass is 10.1. The predicted octanol–water partition coefficient (Wildman–Crippen LogP) is 4.53. The third-order valence-electron chi connectivity index (χ3n) is 6.32. The average Bonchev–Trinajstić information content (AvgIpc) is 2.95. The number of carbonyl (C=O) groups excluding carboxylic acids is 2. The Labute approximate surface area is 231 Å². The molecule has 0 aromatic heterocycles. The summed E-state index contributed by atoms with van der Waals surface area (Å²) in [4.78, 5) is 28.7. The van der Waals surface area contributed by atoms with Crippen LogP contribution in [0.5, 0.6) is 5.75 Å². The number of nitrogens with zero attached hydrogens (tertiary/aromatic N) is 2. The summed E-state index contributed by atoms with van der Waals surface area (Å²) in [6.45, 7) is 5.91. The number of amides is 2. The molecule has 1 N–H and O–H groups in total. The molecule has 39 heavy (non-hydrogen) atoms. The summed E-state index contributed by atoms with van der Waals surface area (Å²) in [5, 5.41) is 2.89. The van der Waals surface area contributed by atoms with Gasteiger partial charge in [0.2, 0.25) is 11.8 Å². The number of carbonyl (C=O) groups is 2. The summed E-state index contributed by atoms with van der Waals surface area (Å²) >= 11 is 0. The molecule has 0 heterocycles. The lowest BCUT2D eigenvalue weighted by molar-refractivity contribution is -0.140. The molecular weight excluding hydrogens is 514 g/mol. The molecule has 8 nitrogen and oxygen atoms in total. The van der Waals surface area contributed by atoms with Gasteiger partial charge in [0.25, 0.3) is 10.0 Å². The number of ether oxygens (including phenoxy) is 1. The van der Waals surface area contributed by atoms with Crippen LogP contribution in [0.25, 0.3) is 0 Å². The van der Waals surface area contributed by atoms with Crippen LogP contribution in [-0.2, 0) is 26.2 Å². The maximum Gasteiger partial charge on any atom is 0.264 e. The van der Waals surface area contributed by atoms with E-state index in [1.807, 2.05) is 45.0 Å². The summed E-state index contributed by atoms with van der Waals surface area (Å²) in [6, 6.07) is 21.5. The highest BCUT2D eigenvalue weighted by molar-refractivity contribution is 7.92. The molecule has 208 valence electrons. The maximum atomic E-state index is 14.0. The fraction of sp³-hybridized carbons (Fsp3) is 0.333. The van der Waals surface area contributed by atoms with Crippen molar-refractivity contribution in [3.05, 3.63) is 90.0 Å². The SMILES string of the molecule is CCCNC(=O)C(CC)N(Cc1cccc(C)c1)C(=O)CN(c1cccc(OC)c1)S(=O)(=O)c1ccccc1. The van der Waals surface area contributed by atoms with E-state index < -0.39 is 28.5 Å². The number of methoxy groups -OCH3 is 1. The van der Waals surface area contributed by atoms with Crippen LogP contribution in [0.3, 0.4) is 0 Å². The number of rotatable bonds is 13. The third kappa shape index (κ3) is 7.60. The van der Waals surface area contributed by atoms with Crippen LogP contribution in [0.1, 0.15) is 37.8 Å². The van der Waals surface area contributed by atoms with Crippen LogP contribution < -0.4 is 14.4 Å². The van der Waals surface area contributed by atoms with Crippen molar-refractivity contribution in [2.45, 2.75) is 51.1 Å². The Morgan fingerprint density at radius 1 is 0.949 bits per heavy atom. The minimum Gasteiger partial charge on any atom is -0.497 e. The first-order valence-corrected chi connectivity index (χ1v) is 14.5. The Hall–Kier alpha value is -3.85. The van der Waals surface area contributed by atoms with E-state index in [1.54, 1.807) is 42.5 Å². The topological polar surface area (TPSA) is 96.0 Å². The van der Waals surface area contributed by atoms with Crippen molar-refractivity contribution in [2.24, 2.45) is 0 Å². The van der Waals surface area contributed by atoms with Gasteiger partial charge in [-0.2, -0.15) is 0 Å². The second-order valence-electron chi connectivity index (χ2n) is 9.25. The Bertz CT molecular complexity index is 1360. The number of hydrogen-bond acceptors (Lipinski definition) is 5. The molecule has 9 heteroatoms. The zero-order valence-corrected chi connectivity index (χ0v) is 23.8. The fourth-order valence-electron chi connectivity index (χ4n) is 4.31. The molecule has 0 aliphatic rings. The number of hydrogen-bond donors (Lipinski definition) is 1. The van der Waals surface area contributed by atoms with Crippen LogP contribution in [0.15, 0.2) is 83.8 Å². The lowest BCUT2D eigenvalue weighted by Gasteiger charge is -2.33. The van der Waals surface area contributed by atoms with Gasteiger partial charge in [-0.05, 0) is 49.6 Å². The van der Waals surface area contributed by atoms with Crippen molar-refractivity contribution in [3.63, 3.8) is 0 Å². The minimum absolute atomic E-state index is 0.0542. The molecule has 0 saturated carbocycles. The fourth-order valence-corrected chi connectivity index (χ4v) is 5.73. The van der Waals surface area contributed by atoms with Crippen LogP contribution in [0.4, 0.5) is 5.69 Å². The number of benzene rings is 3. The van der Waals surface area contributed by atoms with Gasteiger partial charge in [0.1, 0.15) is 18.3 Å². The quantitative estimate of drug-likeness (QED) is 0.337. The van der Waals surface area contributed by atoms with Crippen molar-refractivity contribution < 1.29 is 22.7 Å². The van der Waals surface area contributed by atoms with Crippen LogP contribution in [-0.4, -0.2) is 51.4 Å². The summed E-state index contributed by atoms with van der Waals surface area (Å²) < 4.78 is 34.1. The lowest BCUT2D eigenvalue weighted by Crippen LogP contribution is -2.52. The molecule has 1 unspecified atom stereocenters. The minimum atomic E-state index is -4.12. The zero-order valence-electron chi connectivity index (χ0n) is 23.0. The van der Waals surface area contributed by atoms with E-state index in [2.05, 4.69) is 5.32 Å².